The van der Waals surface area contributed by atoms with E-state index in [1.54, 1.807) is 6.92 Å². The molecule has 2 aromatic heterocycles. The van der Waals surface area contributed by atoms with Crippen LogP contribution in [0.2, 0.25) is 0 Å². The lowest BCUT2D eigenvalue weighted by Crippen LogP contribution is -2.23. The van der Waals surface area contributed by atoms with Crippen molar-refractivity contribution in [1.82, 2.24) is 14.9 Å². The number of hydrogen-bond donors (Lipinski definition) is 2. The normalized spacial score (nSPS) is 12.7. The summed E-state index contributed by atoms with van der Waals surface area (Å²) in [5.74, 6) is 6.09. The molecule has 1 atom stereocenters. The molecule has 142 valence electrons. The zero-order chi connectivity index (χ0) is 19.6. The van der Waals surface area contributed by atoms with E-state index in [0.29, 0.717) is 11.0 Å². The van der Waals surface area contributed by atoms with Gasteiger partial charge in [0.15, 0.2) is 5.82 Å². The highest BCUT2D eigenvalue weighted by Crippen LogP contribution is 2.30. The number of nitrogens with two attached hydrogens (primary N) is 1. The number of halogens is 3. The number of anilines is 1. The van der Waals surface area contributed by atoms with E-state index in [4.69, 9.17) is 5.84 Å². The Balaban J connectivity index is 1.64. The van der Waals surface area contributed by atoms with Gasteiger partial charge in [0.2, 0.25) is 11.1 Å². The molecule has 2 heterocycles. The topological polar surface area (TPSA) is 85.8 Å². The molecule has 0 saturated heterocycles. The molecule has 3 aromatic rings. The van der Waals surface area contributed by atoms with Gasteiger partial charge in [-0.3, -0.25) is 4.79 Å². The van der Waals surface area contributed by atoms with Crippen LogP contribution >= 0.6 is 23.1 Å². The molecule has 6 nitrogen and oxygen atoms in total. The molecule has 3 rings (SSSR count). The summed E-state index contributed by atoms with van der Waals surface area (Å²) in [7, 11) is 0. The van der Waals surface area contributed by atoms with Crippen LogP contribution in [0.5, 0.6) is 0 Å². The molecule has 11 heteroatoms. The van der Waals surface area contributed by atoms with Crippen LogP contribution in [-0.2, 0) is 11.0 Å². The largest absolute Gasteiger partial charge is 0.416 e. The summed E-state index contributed by atoms with van der Waals surface area (Å²) in [6, 6.07) is 7.96. The van der Waals surface area contributed by atoms with Gasteiger partial charge in [-0.25, -0.2) is 4.68 Å². The minimum absolute atomic E-state index is 0.272. The Hall–Kier alpha value is -2.53. The van der Waals surface area contributed by atoms with E-state index < -0.39 is 17.0 Å². The van der Waals surface area contributed by atoms with Crippen LogP contribution in [-0.4, -0.2) is 26.0 Å². The van der Waals surface area contributed by atoms with Gasteiger partial charge >= 0.3 is 6.18 Å². The average Bonchev–Trinajstić information content (AvgIpc) is 3.25. The first-order valence-electron chi connectivity index (χ1n) is 7.65. The third-order valence-electron chi connectivity index (χ3n) is 3.54. The standard InChI is InChI=1S/C16H14F3N5OS2/c1-9(14(25)21-11-6-4-10(5-7-11)16(17,18)19)27-15-23-22-13(24(15)20)12-3-2-8-26-12/h2-9H,20H2,1H3,(H,21,25). The molecule has 1 amide bonds. The van der Waals surface area contributed by atoms with E-state index in [-0.39, 0.29) is 11.6 Å². The maximum absolute atomic E-state index is 12.6. The van der Waals surface area contributed by atoms with Gasteiger partial charge in [-0.15, -0.1) is 21.5 Å². The maximum Gasteiger partial charge on any atom is 0.416 e. The fourth-order valence-electron chi connectivity index (χ4n) is 2.13. The van der Waals surface area contributed by atoms with Crippen LogP contribution in [0.25, 0.3) is 10.7 Å². The van der Waals surface area contributed by atoms with Gasteiger partial charge in [0.1, 0.15) is 0 Å². The number of nitrogens with one attached hydrogen (secondary N) is 1. The van der Waals surface area contributed by atoms with Crippen molar-refractivity contribution < 1.29 is 18.0 Å². The number of alkyl halides is 3. The van der Waals surface area contributed by atoms with Crippen molar-refractivity contribution in [3.05, 3.63) is 47.3 Å². The number of carbonyl (C=O) groups excluding carboxylic acids is 1. The number of rotatable bonds is 5. The van der Waals surface area contributed by atoms with Crippen LogP contribution in [0.3, 0.4) is 0 Å². The fraction of sp³-hybridized carbons (Fsp3) is 0.188. The first-order valence-corrected chi connectivity index (χ1v) is 9.41. The predicted octanol–water partition coefficient (Wildman–Crippen LogP) is 3.86. The number of aromatic nitrogens is 3. The molecule has 3 N–H and O–H groups in total. The number of thiophene rings is 1. The van der Waals surface area contributed by atoms with Crippen molar-refractivity contribution >= 4 is 34.7 Å². The highest BCUT2D eigenvalue weighted by molar-refractivity contribution is 8.00. The third kappa shape index (κ3) is 4.42. The number of benzene rings is 1. The lowest BCUT2D eigenvalue weighted by atomic mass is 10.2. The molecule has 0 aliphatic heterocycles. The average molecular weight is 413 g/mol. The minimum atomic E-state index is -4.42. The summed E-state index contributed by atoms with van der Waals surface area (Å²) in [6.45, 7) is 1.64. The summed E-state index contributed by atoms with van der Waals surface area (Å²) >= 11 is 2.56. The van der Waals surface area contributed by atoms with Crippen LogP contribution in [0.1, 0.15) is 12.5 Å². The number of amides is 1. The van der Waals surface area contributed by atoms with E-state index in [2.05, 4.69) is 15.5 Å². The molecular formula is C16H14F3N5OS2. The van der Waals surface area contributed by atoms with Crippen molar-refractivity contribution in [3.63, 3.8) is 0 Å². The van der Waals surface area contributed by atoms with E-state index in [9.17, 15) is 18.0 Å². The van der Waals surface area contributed by atoms with Gasteiger partial charge in [0.25, 0.3) is 0 Å². The van der Waals surface area contributed by atoms with E-state index >= 15 is 0 Å². The summed E-state index contributed by atoms with van der Waals surface area (Å²) in [6.07, 6.45) is -4.42. The Morgan fingerprint density at radius 3 is 2.56 bits per heavy atom. The van der Waals surface area contributed by atoms with Crippen LogP contribution in [0.4, 0.5) is 18.9 Å². The smallest absolute Gasteiger partial charge is 0.335 e. The van der Waals surface area contributed by atoms with Crippen molar-refractivity contribution in [2.75, 3.05) is 11.2 Å². The zero-order valence-electron chi connectivity index (χ0n) is 13.9. The molecule has 1 aromatic carbocycles. The zero-order valence-corrected chi connectivity index (χ0v) is 15.5. The van der Waals surface area contributed by atoms with Crippen LogP contribution < -0.4 is 11.2 Å². The fourth-order valence-corrected chi connectivity index (χ4v) is 3.60. The summed E-state index contributed by atoms with van der Waals surface area (Å²) in [5, 5.41) is 12.2. The van der Waals surface area contributed by atoms with Crippen molar-refractivity contribution in [2.24, 2.45) is 0 Å². The van der Waals surface area contributed by atoms with Gasteiger partial charge in [0.05, 0.1) is 15.7 Å². The summed E-state index contributed by atoms with van der Waals surface area (Å²) in [4.78, 5) is 13.1. The lowest BCUT2D eigenvalue weighted by Gasteiger charge is -2.12. The Labute approximate surface area is 160 Å². The van der Waals surface area contributed by atoms with Gasteiger partial charge in [0, 0.05) is 5.69 Å². The molecule has 0 aliphatic rings. The van der Waals surface area contributed by atoms with E-state index in [1.807, 2.05) is 17.5 Å². The Kier molecular flexibility index (Phi) is 5.42. The summed E-state index contributed by atoms with van der Waals surface area (Å²) < 4.78 is 39.0. The van der Waals surface area contributed by atoms with Crippen molar-refractivity contribution in [1.29, 1.82) is 0 Å². The van der Waals surface area contributed by atoms with Crippen LogP contribution in [0.15, 0.2) is 46.9 Å². The third-order valence-corrected chi connectivity index (χ3v) is 5.46. The molecule has 0 spiro atoms. The number of nitrogens with zero attached hydrogens (tertiary/aromatic N) is 3. The van der Waals surface area contributed by atoms with E-state index in [1.165, 1.54) is 28.1 Å². The predicted molar refractivity (Wildman–Crippen MR) is 98.9 cm³/mol. The van der Waals surface area contributed by atoms with Gasteiger partial charge in [-0.05, 0) is 42.6 Å². The minimum Gasteiger partial charge on any atom is -0.335 e. The molecule has 0 saturated carbocycles. The molecule has 27 heavy (non-hydrogen) atoms. The monoisotopic (exact) mass is 413 g/mol. The van der Waals surface area contributed by atoms with Gasteiger partial charge in [-0.1, -0.05) is 17.8 Å². The first kappa shape index (κ1) is 19.2. The highest BCUT2D eigenvalue weighted by Gasteiger charge is 2.30. The number of hydrogen-bond acceptors (Lipinski definition) is 6. The Bertz CT molecular complexity index is 923. The second-order valence-electron chi connectivity index (χ2n) is 5.48. The highest BCUT2D eigenvalue weighted by atomic mass is 32.2. The molecule has 0 fully saturated rings. The number of nitrogen functional groups attached to an aromatic ring is 1. The van der Waals surface area contributed by atoms with Gasteiger partial charge in [-0.2, -0.15) is 13.2 Å². The second-order valence-corrected chi connectivity index (χ2v) is 7.73. The number of carbonyl (C=O) groups is 1. The van der Waals surface area contributed by atoms with Crippen molar-refractivity contribution in [2.45, 2.75) is 23.5 Å². The SMILES string of the molecule is CC(Sc1nnc(-c2cccs2)n1N)C(=O)Nc1ccc(C(F)(F)F)cc1. The molecule has 1 unspecified atom stereocenters. The lowest BCUT2D eigenvalue weighted by molar-refractivity contribution is -0.137. The molecular weight excluding hydrogens is 399 g/mol. The van der Waals surface area contributed by atoms with Crippen LogP contribution in [0, 0.1) is 0 Å². The molecule has 0 aliphatic carbocycles. The van der Waals surface area contributed by atoms with Crippen molar-refractivity contribution in [3.8, 4) is 10.7 Å². The summed E-state index contributed by atoms with van der Waals surface area (Å²) in [5.41, 5.74) is -0.505. The molecule has 0 bridgehead atoms. The first-order chi connectivity index (χ1) is 12.8. The van der Waals surface area contributed by atoms with Gasteiger partial charge < -0.3 is 11.2 Å². The maximum atomic E-state index is 12.6. The quantitative estimate of drug-likeness (QED) is 0.490. The Morgan fingerprint density at radius 2 is 1.96 bits per heavy atom. The molecule has 0 radical (unpaired) electrons. The van der Waals surface area contributed by atoms with E-state index in [0.717, 1.165) is 28.8 Å². The number of thioether (sulfide) groups is 1. The Morgan fingerprint density at radius 1 is 1.26 bits per heavy atom. The second kappa shape index (κ2) is 7.61.